The molecule has 2 rings (SSSR count). The first-order chi connectivity index (χ1) is 8.56. The lowest BCUT2D eigenvalue weighted by molar-refractivity contribution is 0.357. The Kier molecular flexibility index (Phi) is 4.17. The van der Waals surface area contributed by atoms with E-state index in [4.69, 9.17) is 14.2 Å². The second kappa shape index (κ2) is 5.49. The molecule has 1 aromatic carbocycles. The maximum Gasteiger partial charge on any atom is 0.136 e. The highest BCUT2D eigenvalue weighted by molar-refractivity contribution is 9.10. The molecule has 18 heavy (non-hydrogen) atoms. The van der Waals surface area contributed by atoms with Crippen molar-refractivity contribution in [1.29, 1.82) is 0 Å². The van der Waals surface area contributed by atoms with Crippen molar-refractivity contribution in [2.45, 2.75) is 38.4 Å². The first-order valence-electron chi connectivity index (χ1n) is 6.13. The van der Waals surface area contributed by atoms with Crippen molar-refractivity contribution in [1.82, 2.24) is 0 Å². The van der Waals surface area contributed by atoms with Gasteiger partial charge in [-0.05, 0) is 46.8 Å². The molecule has 0 radical (unpaired) electrons. The summed E-state index contributed by atoms with van der Waals surface area (Å²) in [7, 11) is 3.34. The molecule has 3 atom stereocenters. The van der Waals surface area contributed by atoms with E-state index < -0.39 is 0 Å². The largest absolute Gasteiger partial charge is 0.496 e. The summed E-state index contributed by atoms with van der Waals surface area (Å²) in [5.41, 5.74) is 1.19. The standard InChI is InChI=1S/C14H19BrO3/c1-8(5-12-9(2)18-12)10-6-11(15)14(17-4)7-13(10)16-3/h6-9,12H,5H2,1-4H3. The normalized spacial score (nSPS) is 23.6. The van der Waals surface area contributed by atoms with E-state index in [1.807, 2.05) is 6.07 Å². The van der Waals surface area contributed by atoms with E-state index in [1.54, 1.807) is 14.2 Å². The van der Waals surface area contributed by atoms with Crippen LogP contribution in [0, 0.1) is 0 Å². The maximum absolute atomic E-state index is 5.48. The first-order valence-corrected chi connectivity index (χ1v) is 6.93. The molecule has 3 nitrogen and oxygen atoms in total. The number of ether oxygens (including phenoxy) is 3. The van der Waals surface area contributed by atoms with Crippen molar-refractivity contribution >= 4 is 15.9 Å². The predicted molar refractivity (Wildman–Crippen MR) is 74.6 cm³/mol. The highest BCUT2D eigenvalue weighted by Crippen LogP contribution is 2.40. The average Bonchev–Trinajstić information content (AvgIpc) is 3.04. The molecule has 1 aromatic rings. The fourth-order valence-electron chi connectivity index (χ4n) is 2.22. The van der Waals surface area contributed by atoms with Crippen LogP contribution in [0.5, 0.6) is 11.5 Å². The van der Waals surface area contributed by atoms with Crippen molar-refractivity contribution in [3.05, 3.63) is 22.2 Å². The Labute approximate surface area is 117 Å². The molecule has 1 fully saturated rings. The van der Waals surface area contributed by atoms with Gasteiger partial charge in [0.2, 0.25) is 0 Å². The molecule has 1 heterocycles. The Morgan fingerprint density at radius 1 is 1.28 bits per heavy atom. The fourth-order valence-corrected chi connectivity index (χ4v) is 2.74. The van der Waals surface area contributed by atoms with Crippen LogP contribution >= 0.6 is 15.9 Å². The third-order valence-electron chi connectivity index (χ3n) is 3.46. The average molecular weight is 315 g/mol. The molecular weight excluding hydrogens is 296 g/mol. The van der Waals surface area contributed by atoms with Crippen LogP contribution in [-0.4, -0.2) is 26.4 Å². The van der Waals surface area contributed by atoms with Gasteiger partial charge in [-0.15, -0.1) is 0 Å². The Morgan fingerprint density at radius 3 is 2.39 bits per heavy atom. The van der Waals surface area contributed by atoms with Gasteiger partial charge >= 0.3 is 0 Å². The summed E-state index contributed by atoms with van der Waals surface area (Å²) >= 11 is 3.52. The summed E-state index contributed by atoms with van der Waals surface area (Å²) < 4.78 is 17.2. The number of halogens is 1. The number of hydrogen-bond acceptors (Lipinski definition) is 3. The molecule has 0 spiro atoms. The number of methoxy groups -OCH3 is 2. The van der Waals surface area contributed by atoms with Crippen molar-refractivity contribution in [2.75, 3.05) is 14.2 Å². The Balaban J connectivity index is 2.22. The van der Waals surface area contributed by atoms with Crippen molar-refractivity contribution in [3.8, 4) is 11.5 Å². The second-order valence-corrected chi connectivity index (χ2v) is 5.60. The number of benzene rings is 1. The number of rotatable bonds is 5. The fraction of sp³-hybridized carbons (Fsp3) is 0.571. The van der Waals surface area contributed by atoms with E-state index in [9.17, 15) is 0 Å². The molecule has 1 aliphatic heterocycles. The van der Waals surface area contributed by atoms with Crippen LogP contribution in [0.1, 0.15) is 31.7 Å². The molecule has 0 saturated carbocycles. The van der Waals surface area contributed by atoms with E-state index in [-0.39, 0.29) is 0 Å². The van der Waals surface area contributed by atoms with E-state index in [1.165, 1.54) is 5.56 Å². The van der Waals surface area contributed by atoms with Gasteiger partial charge in [0.1, 0.15) is 11.5 Å². The van der Waals surface area contributed by atoms with Gasteiger partial charge in [-0.1, -0.05) is 6.92 Å². The highest BCUT2D eigenvalue weighted by Gasteiger charge is 2.35. The van der Waals surface area contributed by atoms with Crippen LogP contribution in [0.15, 0.2) is 16.6 Å². The van der Waals surface area contributed by atoms with Gasteiger partial charge in [-0.3, -0.25) is 0 Å². The predicted octanol–water partition coefficient (Wildman–Crippen LogP) is 3.75. The third-order valence-corrected chi connectivity index (χ3v) is 4.08. The SMILES string of the molecule is COc1cc(OC)c(C(C)CC2OC2C)cc1Br. The van der Waals surface area contributed by atoms with Crippen LogP contribution in [0.3, 0.4) is 0 Å². The van der Waals surface area contributed by atoms with Crippen molar-refractivity contribution in [2.24, 2.45) is 0 Å². The van der Waals surface area contributed by atoms with Gasteiger partial charge in [-0.25, -0.2) is 0 Å². The molecule has 1 aliphatic rings. The van der Waals surface area contributed by atoms with E-state index in [0.29, 0.717) is 18.1 Å². The molecule has 0 bridgehead atoms. The van der Waals surface area contributed by atoms with Crippen LogP contribution in [-0.2, 0) is 4.74 Å². The summed E-state index contributed by atoms with van der Waals surface area (Å²) in [5.74, 6) is 2.06. The summed E-state index contributed by atoms with van der Waals surface area (Å²) in [4.78, 5) is 0. The highest BCUT2D eigenvalue weighted by atomic mass is 79.9. The zero-order valence-electron chi connectivity index (χ0n) is 11.2. The topological polar surface area (TPSA) is 31.0 Å². The van der Waals surface area contributed by atoms with Gasteiger partial charge in [0.05, 0.1) is 30.9 Å². The lowest BCUT2D eigenvalue weighted by Crippen LogP contribution is -2.03. The summed E-state index contributed by atoms with van der Waals surface area (Å²) in [5, 5.41) is 0. The van der Waals surface area contributed by atoms with Gasteiger partial charge in [0.15, 0.2) is 0 Å². The molecule has 1 saturated heterocycles. The Morgan fingerprint density at radius 2 is 1.89 bits per heavy atom. The minimum Gasteiger partial charge on any atom is -0.496 e. The van der Waals surface area contributed by atoms with Crippen LogP contribution in [0.2, 0.25) is 0 Å². The van der Waals surface area contributed by atoms with Gasteiger partial charge in [0.25, 0.3) is 0 Å². The van der Waals surface area contributed by atoms with Crippen molar-refractivity contribution in [3.63, 3.8) is 0 Å². The minimum absolute atomic E-state index is 0.394. The molecule has 0 aromatic heterocycles. The molecular formula is C14H19BrO3. The van der Waals surface area contributed by atoms with E-state index >= 15 is 0 Å². The zero-order valence-corrected chi connectivity index (χ0v) is 12.8. The van der Waals surface area contributed by atoms with Crippen LogP contribution < -0.4 is 9.47 Å². The molecule has 0 amide bonds. The van der Waals surface area contributed by atoms with Gasteiger partial charge < -0.3 is 14.2 Å². The Bertz CT molecular complexity index is 433. The molecule has 3 unspecified atom stereocenters. The van der Waals surface area contributed by atoms with Crippen molar-refractivity contribution < 1.29 is 14.2 Å². The van der Waals surface area contributed by atoms with Gasteiger partial charge in [0, 0.05) is 6.07 Å². The maximum atomic E-state index is 5.48. The van der Waals surface area contributed by atoms with Crippen LogP contribution in [0.25, 0.3) is 0 Å². The third kappa shape index (κ3) is 2.81. The quantitative estimate of drug-likeness (QED) is 0.776. The lowest BCUT2D eigenvalue weighted by Gasteiger charge is -2.17. The smallest absolute Gasteiger partial charge is 0.136 e. The number of hydrogen-bond donors (Lipinski definition) is 0. The molecule has 0 N–H and O–H groups in total. The molecule has 100 valence electrons. The van der Waals surface area contributed by atoms with Gasteiger partial charge in [-0.2, -0.15) is 0 Å². The molecule has 0 aliphatic carbocycles. The zero-order chi connectivity index (χ0) is 13.3. The lowest BCUT2D eigenvalue weighted by atomic mass is 9.94. The monoisotopic (exact) mass is 314 g/mol. The number of epoxide rings is 1. The summed E-state index contributed by atoms with van der Waals surface area (Å²) in [6.45, 7) is 4.31. The second-order valence-electron chi connectivity index (χ2n) is 4.75. The van der Waals surface area contributed by atoms with E-state index in [0.717, 1.165) is 22.4 Å². The summed E-state index contributed by atoms with van der Waals surface area (Å²) in [6, 6.07) is 4.00. The van der Waals surface area contributed by atoms with E-state index in [2.05, 4.69) is 35.8 Å². The van der Waals surface area contributed by atoms with Crippen LogP contribution in [0.4, 0.5) is 0 Å². The summed E-state index contributed by atoms with van der Waals surface area (Å²) in [6.07, 6.45) is 1.82. The Hall–Kier alpha value is -0.740. The minimum atomic E-state index is 0.394. The first kappa shape index (κ1) is 13.7. The molecule has 4 heteroatoms.